The molecule has 0 fully saturated rings. The van der Waals surface area contributed by atoms with Gasteiger partial charge >= 0.3 is 0 Å². The Morgan fingerprint density at radius 2 is 2.20 bits per heavy atom. The van der Waals surface area contributed by atoms with E-state index in [-0.39, 0.29) is 11.7 Å². The summed E-state index contributed by atoms with van der Waals surface area (Å²) in [7, 11) is 0. The van der Waals surface area contributed by atoms with Gasteiger partial charge in [0.1, 0.15) is 0 Å². The van der Waals surface area contributed by atoms with E-state index in [9.17, 15) is 4.79 Å². The van der Waals surface area contributed by atoms with Crippen molar-refractivity contribution >= 4 is 17.7 Å². The van der Waals surface area contributed by atoms with Crippen LogP contribution < -0.4 is 0 Å². The molecule has 2 heterocycles. The Balaban J connectivity index is 2.12. The molecule has 0 N–H and O–H groups in total. The highest BCUT2D eigenvalue weighted by atomic mass is 32.2. The van der Waals surface area contributed by atoms with Crippen molar-refractivity contribution in [2.24, 2.45) is 0 Å². The van der Waals surface area contributed by atoms with Crippen LogP contribution in [0.3, 0.4) is 0 Å². The van der Waals surface area contributed by atoms with Gasteiger partial charge in [-0.15, -0.1) is 16.8 Å². The van der Waals surface area contributed by atoms with Gasteiger partial charge in [-0.05, 0) is 19.1 Å². The second-order valence-electron chi connectivity index (χ2n) is 5.11. The van der Waals surface area contributed by atoms with Crippen LogP contribution in [0.4, 0.5) is 0 Å². The van der Waals surface area contributed by atoms with Crippen molar-refractivity contribution < 1.29 is 4.79 Å². The topological polar surface area (TPSA) is 87.7 Å². The third-order valence-electron chi connectivity index (χ3n) is 3.52. The van der Waals surface area contributed by atoms with E-state index in [4.69, 9.17) is 5.26 Å². The number of hydrogen-bond acceptors (Lipinski definition) is 6. The number of hydrogen-bond donors (Lipinski definition) is 0. The molecule has 1 amide bonds. The number of rotatable bonds is 9. The van der Waals surface area contributed by atoms with Crippen molar-refractivity contribution in [2.75, 3.05) is 18.8 Å². The number of amides is 1. The number of carbonyl (C=O) groups is 1. The van der Waals surface area contributed by atoms with Gasteiger partial charge in [0, 0.05) is 37.6 Å². The third-order valence-corrected chi connectivity index (χ3v) is 4.47. The third kappa shape index (κ3) is 4.90. The number of nitrogens with zero attached hydrogens (tertiary/aromatic N) is 6. The predicted molar refractivity (Wildman–Crippen MR) is 96.7 cm³/mol. The monoisotopic (exact) mass is 356 g/mol. The highest BCUT2D eigenvalue weighted by Crippen LogP contribution is 2.23. The standard InChI is InChI=1S/C17H20N6OS/c1-3-11-23-16(14-6-9-19-10-7-14)20-21-17(23)25-13-15(24)22(4-2)12-5-8-18/h3,6-7,9-10H,1,4-5,11-13H2,2H3. The Labute approximate surface area is 151 Å². The molecule has 0 aromatic carbocycles. The van der Waals surface area contributed by atoms with Crippen LogP contribution in [0.25, 0.3) is 11.4 Å². The minimum Gasteiger partial charge on any atom is -0.341 e. The molecule has 8 heteroatoms. The number of allylic oxidation sites excluding steroid dienone is 1. The van der Waals surface area contributed by atoms with Crippen LogP contribution in [0.15, 0.2) is 42.3 Å². The Bertz CT molecular complexity index is 752. The summed E-state index contributed by atoms with van der Waals surface area (Å²) < 4.78 is 1.92. The molecule has 7 nitrogen and oxygen atoms in total. The largest absolute Gasteiger partial charge is 0.341 e. The molecule has 2 rings (SSSR count). The number of aromatic nitrogens is 4. The van der Waals surface area contributed by atoms with Crippen molar-refractivity contribution in [3.8, 4) is 17.5 Å². The van der Waals surface area contributed by atoms with Gasteiger partial charge in [-0.3, -0.25) is 14.3 Å². The molecule has 2 aromatic rings. The Morgan fingerprint density at radius 1 is 1.44 bits per heavy atom. The lowest BCUT2D eigenvalue weighted by atomic mass is 10.2. The fourth-order valence-electron chi connectivity index (χ4n) is 2.27. The molecule has 0 radical (unpaired) electrons. The zero-order chi connectivity index (χ0) is 18.1. The van der Waals surface area contributed by atoms with Crippen molar-refractivity contribution in [3.05, 3.63) is 37.2 Å². The second-order valence-corrected chi connectivity index (χ2v) is 6.05. The first-order valence-corrected chi connectivity index (χ1v) is 8.91. The molecule has 0 aliphatic heterocycles. The molecule has 130 valence electrons. The van der Waals surface area contributed by atoms with Crippen LogP contribution >= 0.6 is 11.8 Å². The average Bonchev–Trinajstić information content (AvgIpc) is 3.04. The second kappa shape index (κ2) is 9.59. The average molecular weight is 356 g/mol. The number of pyridine rings is 1. The highest BCUT2D eigenvalue weighted by Gasteiger charge is 2.17. The van der Waals surface area contributed by atoms with Crippen LogP contribution in [0.5, 0.6) is 0 Å². The first-order chi connectivity index (χ1) is 12.2. The van der Waals surface area contributed by atoms with Crippen LogP contribution in [0, 0.1) is 11.3 Å². The molecule has 0 saturated heterocycles. The fourth-order valence-corrected chi connectivity index (χ4v) is 3.12. The molecule has 0 spiro atoms. The lowest BCUT2D eigenvalue weighted by molar-refractivity contribution is -0.128. The van der Waals surface area contributed by atoms with Crippen LogP contribution in [-0.2, 0) is 11.3 Å². The Kier molecular flexibility index (Phi) is 7.16. The molecule has 0 aliphatic carbocycles. The number of nitriles is 1. The molecule has 0 saturated carbocycles. The molecular formula is C17H20N6OS. The van der Waals surface area contributed by atoms with Crippen LogP contribution in [0.2, 0.25) is 0 Å². The van der Waals surface area contributed by atoms with Gasteiger partial charge in [0.25, 0.3) is 0 Å². The van der Waals surface area contributed by atoms with Crippen LogP contribution in [-0.4, -0.2) is 49.4 Å². The summed E-state index contributed by atoms with van der Waals surface area (Å²) in [6, 6.07) is 5.80. The van der Waals surface area contributed by atoms with Gasteiger partial charge in [0.2, 0.25) is 5.91 Å². The van der Waals surface area contributed by atoms with Crippen molar-refractivity contribution in [3.63, 3.8) is 0 Å². The van der Waals surface area contributed by atoms with Crippen molar-refractivity contribution in [1.82, 2.24) is 24.6 Å². The van der Waals surface area contributed by atoms with E-state index in [0.29, 0.717) is 37.0 Å². The van der Waals surface area contributed by atoms with Gasteiger partial charge in [-0.1, -0.05) is 17.8 Å². The number of thioether (sulfide) groups is 1. The normalized spacial score (nSPS) is 10.2. The summed E-state index contributed by atoms with van der Waals surface area (Å²) in [6.07, 6.45) is 5.51. The van der Waals surface area contributed by atoms with E-state index in [1.165, 1.54) is 11.8 Å². The van der Waals surface area contributed by atoms with Crippen molar-refractivity contribution in [2.45, 2.75) is 25.0 Å². The summed E-state index contributed by atoms with van der Waals surface area (Å²) in [5.41, 5.74) is 0.909. The smallest absolute Gasteiger partial charge is 0.233 e. The highest BCUT2D eigenvalue weighted by molar-refractivity contribution is 7.99. The molecule has 0 atom stereocenters. The first-order valence-electron chi connectivity index (χ1n) is 7.93. The zero-order valence-electron chi connectivity index (χ0n) is 14.1. The fraction of sp³-hybridized carbons (Fsp3) is 0.353. The van der Waals surface area contributed by atoms with E-state index in [1.54, 1.807) is 23.4 Å². The predicted octanol–water partition coefficient (Wildman–Crippen LogP) is 2.38. The van der Waals surface area contributed by atoms with Gasteiger partial charge in [-0.25, -0.2) is 0 Å². The summed E-state index contributed by atoms with van der Waals surface area (Å²) in [6.45, 7) is 7.27. The summed E-state index contributed by atoms with van der Waals surface area (Å²) in [4.78, 5) is 18.0. The molecule has 25 heavy (non-hydrogen) atoms. The molecule has 0 aliphatic rings. The summed E-state index contributed by atoms with van der Waals surface area (Å²) in [5, 5.41) is 17.8. The quantitative estimate of drug-likeness (QED) is 0.506. The first kappa shape index (κ1) is 18.7. The van der Waals surface area contributed by atoms with E-state index >= 15 is 0 Å². The molecule has 2 aromatic heterocycles. The molecule has 0 unspecified atom stereocenters. The maximum atomic E-state index is 12.3. The van der Waals surface area contributed by atoms with Crippen LogP contribution in [0.1, 0.15) is 13.3 Å². The lowest BCUT2D eigenvalue weighted by Crippen LogP contribution is -2.33. The molecule has 0 bridgehead atoms. The Hall–Kier alpha value is -2.66. The zero-order valence-corrected chi connectivity index (χ0v) is 14.9. The SMILES string of the molecule is C=CCn1c(SCC(=O)N(CC)CCC#N)nnc1-c1ccncc1. The van der Waals surface area contributed by atoms with Gasteiger partial charge in [0.15, 0.2) is 11.0 Å². The summed E-state index contributed by atoms with van der Waals surface area (Å²) in [5.74, 6) is 0.959. The van der Waals surface area contributed by atoms with Gasteiger partial charge in [0.05, 0.1) is 18.2 Å². The van der Waals surface area contributed by atoms with E-state index in [1.807, 2.05) is 23.6 Å². The van der Waals surface area contributed by atoms with Gasteiger partial charge in [-0.2, -0.15) is 5.26 Å². The van der Waals surface area contributed by atoms with E-state index < -0.39 is 0 Å². The Morgan fingerprint density at radius 3 is 2.84 bits per heavy atom. The number of carbonyl (C=O) groups excluding carboxylic acids is 1. The van der Waals surface area contributed by atoms with E-state index in [0.717, 1.165) is 5.56 Å². The van der Waals surface area contributed by atoms with Crippen molar-refractivity contribution in [1.29, 1.82) is 5.26 Å². The lowest BCUT2D eigenvalue weighted by Gasteiger charge is -2.19. The van der Waals surface area contributed by atoms with Gasteiger partial charge < -0.3 is 4.90 Å². The summed E-state index contributed by atoms with van der Waals surface area (Å²) >= 11 is 1.34. The molecular weight excluding hydrogens is 336 g/mol. The maximum absolute atomic E-state index is 12.3. The minimum absolute atomic E-state index is 0.0126. The van der Waals surface area contributed by atoms with E-state index in [2.05, 4.69) is 27.8 Å². The minimum atomic E-state index is -0.0126. The maximum Gasteiger partial charge on any atom is 0.233 e.